The molecule has 3 aromatic rings. The van der Waals surface area contributed by atoms with E-state index in [2.05, 4.69) is 40.1 Å². The van der Waals surface area contributed by atoms with Gasteiger partial charge in [-0.2, -0.15) is 0 Å². The lowest BCUT2D eigenvalue weighted by Crippen LogP contribution is -3.12. The molecule has 1 saturated heterocycles. The van der Waals surface area contributed by atoms with Gasteiger partial charge >= 0.3 is 0 Å². The van der Waals surface area contributed by atoms with E-state index in [9.17, 15) is 0 Å². The molecule has 1 aliphatic heterocycles. The summed E-state index contributed by atoms with van der Waals surface area (Å²) in [5, 5.41) is 3.43. The number of morpholine rings is 1. The van der Waals surface area contributed by atoms with Crippen molar-refractivity contribution in [3.05, 3.63) is 54.1 Å². The molecule has 0 amide bonds. The number of nitrogens with zero attached hydrogens (tertiary/aromatic N) is 3. The average Bonchev–Trinajstić information content (AvgIpc) is 2.97. The Balaban J connectivity index is 1.50. The average molecular weight is 338 g/mol. The molecule has 0 bridgehead atoms. The lowest BCUT2D eigenvalue weighted by Gasteiger charge is -2.23. The maximum absolute atomic E-state index is 5.44. The zero-order valence-electron chi connectivity index (χ0n) is 14.5. The third kappa shape index (κ3) is 3.65. The number of quaternary nitrogens is 1. The summed E-state index contributed by atoms with van der Waals surface area (Å²) in [4.78, 5) is 10.8. The van der Waals surface area contributed by atoms with Gasteiger partial charge in [0.25, 0.3) is 0 Å². The van der Waals surface area contributed by atoms with Crippen LogP contribution in [0.5, 0.6) is 0 Å². The third-order valence-corrected chi connectivity index (χ3v) is 4.78. The molecule has 0 atom stereocenters. The summed E-state index contributed by atoms with van der Waals surface area (Å²) >= 11 is 0. The van der Waals surface area contributed by atoms with Crippen LogP contribution < -0.4 is 10.2 Å². The highest BCUT2D eigenvalue weighted by atomic mass is 16.5. The number of anilines is 1. The van der Waals surface area contributed by atoms with Crippen molar-refractivity contribution in [1.29, 1.82) is 0 Å². The second-order valence-corrected chi connectivity index (χ2v) is 6.50. The zero-order valence-corrected chi connectivity index (χ0v) is 14.5. The molecule has 1 aromatic carbocycles. The lowest BCUT2D eigenvalue weighted by atomic mass is 10.2. The van der Waals surface area contributed by atoms with Gasteiger partial charge in [0, 0.05) is 18.9 Å². The molecule has 0 saturated carbocycles. The van der Waals surface area contributed by atoms with Crippen LogP contribution in [0.15, 0.2) is 42.6 Å². The number of hydrogen-bond donors (Lipinski definition) is 2. The fraction of sp³-hybridized carbons (Fsp3) is 0.368. The summed E-state index contributed by atoms with van der Waals surface area (Å²) in [6, 6.07) is 12.3. The predicted octanol–water partition coefficient (Wildman–Crippen LogP) is 0.996. The number of benzene rings is 1. The Kier molecular flexibility index (Phi) is 4.63. The van der Waals surface area contributed by atoms with Crippen molar-refractivity contribution in [2.75, 3.05) is 31.6 Å². The van der Waals surface area contributed by atoms with Gasteiger partial charge in [-0.25, -0.2) is 4.98 Å². The minimum atomic E-state index is 0.712. The minimum absolute atomic E-state index is 0.712. The molecule has 6 nitrogen and oxygen atoms in total. The van der Waals surface area contributed by atoms with Crippen LogP contribution >= 0.6 is 0 Å². The molecule has 0 unspecified atom stereocenters. The fourth-order valence-electron chi connectivity index (χ4n) is 3.27. The number of rotatable bonds is 5. The van der Waals surface area contributed by atoms with Crippen LogP contribution in [0.1, 0.15) is 11.5 Å². The van der Waals surface area contributed by atoms with Gasteiger partial charge in [0.1, 0.15) is 19.6 Å². The Labute approximate surface area is 147 Å². The van der Waals surface area contributed by atoms with E-state index in [-0.39, 0.29) is 0 Å². The minimum Gasteiger partial charge on any atom is -0.379 e. The molecule has 0 spiro atoms. The molecule has 2 aromatic heterocycles. The van der Waals surface area contributed by atoms with Crippen LogP contribution in [0.25, 0.3) is 11.0 Å². The van der Waals surface area contributed by atoms with E-state index in [0.717, 1.165) is 55.6 Å². The molecule has 2 N–H and O–H groups in total. The van der Waals surface area contributed by atoms with Crippen molar-refractivity contribution in [3.8, 4) is 0 Å². The summed E-state index contributed by atoms with van der Waals surface area (Å²) in [6.45, 7) is 5.47. The van der Waals surface area contributed by atoms with Crippen LogP contribution in [0, 0.1) is 0 Å². The Hall–Kier alpha value is -2.44. The number of fused-ring (bicyclic) bond motifs is 1. The Bertz CT molecular complexity index is 840. The smallest absolute Gasteiger partial charge is 0.165 e. The number of aryl methyl sites for hydroxylation is 1. The molecular weight excluding hydrogens is 314 g/mol. The molecule has 1 aliphatic rings. The number of aromatic nitrogens is 3. The quantitative estimate of drug-likeness (QED) is 0.729. The van der Waals surface area contributed by atoms with Crippen LogP contribution in [-0.4, -0.2) is 40.8 Å². The number of ether oxygens (including phenoxy) is 1. The normalized spacial score (nSPS) is 15.6. The zero-order chi connectivity index (χ0) is 17.1. The highest BCUT2D eigenvalue weighted by Gasteiger charge is 2.18. The van der Waals surface area contributed by atoms with E-state index in [0.29, 0.717) is 6.54 Å². The largest absolute Gasteiger partial charge is 0.379 e. The van der Waals surface area contributed by atoms with E-state index in [1.54, 1.807) is 0 Å². The number of imidazole rings is 1. The standard InChI is InChI=1S/C19H23N5O/c1-23-18-6-5-15(21-13-16-4-2-3-7-20-16)12-17(18)22-19(23)14-24-8-10-25-11-9-24/h2-7,12,21H,8-11,13-14H2,1H3/p+1. The summed E-state index contributed by atoms with van der Waals surface area (Å²) in [6.07, 6.45) is 1.82. The highest BCUT2D eigenvalue weighted by Crippen LogP contribution is 2.20. The molecule has 3 heterocycles. The van der Waals surface area contributed by atoms with Gasteiger partial charge in [-0.3, -0.25) is 4.98 Å². The van der Waals surface area contributed by atoms with E-state index in [1.807, 2.05) is 24.4 Å². The second kappa shape index (κ2) is 7.21. The molecule has 0 aliphatic carbocycles. The highest BCUT2D eigenvalue weighted by molar-refractivity contribution is 5.80. The van der Waals surface area contributed by atoms with Crippen LogP contribution in [0.3, 0.4) is 0 Å². The number of hydrogen-bond acceptors (Lipinski definition) is 4. The van der Waals surface area contributed by atoms with Crippen LogP contribution in [0.4, 0.5) is 5.69 Å². The van der Waals surface area contributed by atoms with Crippen molar-refractivity contribution < 1.29 is 9.64 Å². The van der Waals surface area contributed by atoms with Gasteiger partial charge in [0.05, 0.1) is 36.5 Å². The SMILES string of the molecule is Cn1c(C[NH+]2CCOCC2)nc2cc(NCc3ccccn3)ccc21. The van der Waals surface area contributed by atoms with E-state index in [1.165, 1.54) is 10.4 Å². The summed E-state index contributed by atoms with van der Waals surface area (Å²) in [7, 11) is 2.10. The molecule has 130 valence electrons. The molecule has 0 radical (unpaired) electrons. The molecule has 25 heavy (non-hydrogen) atoms. The fourth-order valence-corrected chi connectivity index (χ4v) is 3.27. The third-order valence-electron chi connectivity index (χ3n) is 4.78. The van der Waals surface area contributed by atoms with Crippen LogP contribution in [0.2, 0.25) is 0 Å². The van der Waals surface area contributed by atoms with E-state index >= 15 is 0 Å². The van der Waals surface area contributed by atoms with Crippen LogP contribution in [-0.2, 0) is 24.9 Å². The first-order chi connectivity index (χ1) is 12.3. The van der Waals surface area contributed by atoms with Crippen molar-refractivity contribution in [2.24, 2.45) is 7.05 Å². The lowest BCUT2D eigenvalue weighted by molar-refractivity contribution is -0.922. The van der Waals surface area contributed by atoms with E-state index in [4.69, 9.17) is 9.72 Å². The molecule has 4 rings (SSSR count). The number of nitrogens with one attached hydrogen (secondary N) is 2. The first-order valence-electron chi connectivity index (χ1n) is 8.80. The van der Waals surface area contributed by atoms with Gasteiger partial charge in [-0.15, -0.1) is 0 Å². The van der Waals surface area contributed by atoms with Gasteiger partial charge in [0.15, 0.2) is 5.82 Å². The van der Waals surface area contributed by atoms with Gasteiger partial charge in [-0.1, -0.05) is 6.07 Å². The summed E-state index contributed by atoms with van der Waals surface area (Å²) in [5.41, 5.74) is 4.31. The topological polar surface area (TPSA) is 56.4 Å². The van der Waals surface area contributed by atoms with Crippen molar-refractivity contribution >= 4 is 16.7 Å². The van der Waals surface area contributed by atoms with Gasteiger partial charge < -0.3 is 19.5 Å². The maximum atomic E-state index is 5.44. The summed E-state index contributed by atoms with van der Waals surface area (Å²) < 4.78 is 7.65. The van der Waals surface area contributed by atoms with Crippen molar-refractivity contribution in [1.82, 2.24) is 14.5 Å². The Morgan fingerprint density at radius 2 is 2.08 bits per heavy atom. The Morgan fingerprint density at radius 3 is 2.88 bits per heavy atom. The van der Waals surface area contributed by atoms with Gasteiger partial charge in [0.2, 0.25) is 0 Å². The van der Waals surface area contributed by atoms with E-state index < -0.39 is 0 Å². The van der Waals surface area contributed by atoms with Gasteiger partial charge in [-0.05, 0) is 30.3 Å². The summed E-state index contributed by atoms with van der Waals surface area (Å²) in [5.74, 6) is 1.13. The second-order valence-electron chi connectivity index (χ2n) is 6.50. The Morgan fingerprint density at radius 1 is 1.20 bits per heavy atom. The van der Waals surface area contributed by atoms with Crippen molar-refractivity contribution in [2.45, 2.75) is 13.1 Å². The molecule has 1 fully saturated rings. The predicted molar refractivity (Wildman–Crippen MR) is 97.5 cm³/mol. The monoisotopic (exact) mass is 338 g/mol. The first kappa shape index (κ1) is 16.1. The molecule has 6 heteroatoms. The molecular formula is C19H24N5O+. The van der Waals surface area contributed by atoms with Crippen molar-refractivity contribution in [3.63, 3.8) is 0 Å². The first-order valence-corrected chi connectivity index (χ1v) is 8.80. The number of pyridine rings is 1. The maximum Gasteiger partial charge on any atom is 0.165 e.